The largest absolute Gasteiger partial charge is 0.319 e. The Hall–Kier alpha value is -0.780. The van der Waals surface area contributed by atoms with Crippen molar-refractivity contribution < 1.29 is 0 Å². The molecule has 0 saturated heterocycles. The summed E-state index contributed by atoms with van der Waals surface area (Å²) in [5.41, 5.74) is 1.11. The molecule has 1 N–H and O–H groups in total. The number of nitrogens with zero attached hydrogens (tertiary/aromatic N) is 2. The van der Waals surface area contributed by atoms with Gasteiger partial charge in [-0.2, -0.15) is 0 Å². The van der Waals surface area contributed by atoms with Crippen LogP contribution in [0.25, 0.3) is 10.6 Å². The van der Waals surface area contributed by atoms with Gasteiger partial charge in [0.25, 0.3) is 0 Å². The van der Waals surface area contributed by atoms with E-state index in [1.54, 1.807) is 11.3 Å². The van der Waals surface area contributed by atoms with Gasteiger partial charge in [-0.25, -0.2) is 0 Å². The van der Waals surface area contributed by atoms with Crippen LogP contribution in [-0.2, 0) is 6.42 Å². The quantitative estimate of drug-likeness (QED) is 0.943. The first-order chi connectivity index (χ1) is 7.81. The third kappa shape index (κ3) is 2.66. The standard InChI is InChI=1S/C11H12BrN3S/c1-13-7-6-10-14-15-11(16-10)8-4-2-3-5-9(8)12/h2-5,13H,6-7H2,1H3. The van der Waals surface area contributed by atoms with Crippen molar-refractivity contribution in [2.24, 2.45) is 0 Å². The number of benzene rings is 1. The molecule has 2 rings (SSSR count). The number of nitrogens with one attached hydrogen (secondary N) is 1. The van der Waals surface area contributed by atoms with Crippen LogP contribution in [0.15, 0.2) is 28.7 Å². The van der Waals surface area contributed by atoms with E-state index < -0.39 is 0 Å². The van der Waals surface area contributed by atoms with Crippen molar-refractivity contribution in [3.63, 3.8) is 0 Å². The van der Waals surface area contributed by atoms with Gasteiger partial charge >= 0.3 is 0 Å². The van der Waals surface area contributed by atoms with Crippen molar-refractivity contribution in [3.8, 4) is 10.6 Å². The minimum absolute atomic E-state index is 0.929. The molecule has 0 aliphatic rings. The Kier molecular flexibility index (Phi) is 4.04. The fourth-order valence-electron chi connectivity index (χ4n) is 1.33. The molecule has 1 aromatic carbocycles. The van der Waals surface area contributed by atoms with Gasteiger partial charge in [0.2, 0.25) is 0 Å². The number of rotatable bonds is 4. The summed E-state index contributed by atoms with van der Waals surface area (Å²) in [7, 11) is 1.94. The lowest BCUT2D eigenvalue weighted by molar-refractivity contribution is 0.779. The van der Waals surface area contributed by atoms with Gasteiger partial charge in [-0.05, 0) is 13.1 Å². The Labute approximate surface area is 107 Å². The molecular weight excluding hydrogens is 286 g/mol. The lowest BCUT2D eigenvalue weighted by Gasteiger charge is -1.97. The smallest absolute Gasteiger partial charge is 0.148 e. The molecule has 0 spiro atoms. The fourth-order valence-corrected chi connectivity index (χ4v) is 2.81. The normalized spacial score (nSPS) is 10.6. The summed E-state index contributed by atoms with van der Waals surface area (Å²) >= 11 is 5.17. The summed E-state index contributed by atoms with van der Waals surface area (Å²) in [6, 6.07) is 8.07. The molecule has 0 fully saturated rings. The van der Waals surface area contributed by atoms with Gasteiger partial charge in [-0.15, -0.1) is 10.2 Å². The second-order valence-corrected chi connectivity index (χ2v) is 5.25. The van der Waals surface area contributed by atoms with E-state index in [2.05, 4.69) is 31.4 Å². The fraction of sp³-hybridized carbons (Fsp3) is 0.273. The molecule has 0 atom stereocenters. The summed E-state index contributed by atoms with van der Waals surface area (Å²) in [5, 5.41) is 13.5. The zero-order valence-corrected chi connectivity index (χ0v) is 11.3. The molecule has 0 aliphatic carbocycles. The highest BCUT2D eigenvalue weighted by atomic mass is 79.9. The molecule has 84 valence electrons. The molecular formula is C11H12BrN3S. The number of hydrogen-bond acceptors (Lipinski definition) is 4. The van der Waals surface area contributed by atoms with E-state index >= 15 is 0 Å². The minimum Gasteiger partial charge on any atom is -0.319 e. The van der Waals surface area contributed by atoms with Crippen LogP contribution in [0.3, 0.4) is 0 Å². The highest BCUT2D eigenvalue weighted by Crippen LogP contribution is 2.30. The van der Waals surface area contributed by atoms with E-state index in [0.29, 0.717) is 0 Å². The number of hydrogen-bond donors (Lipinski definition) is 1. The van der Waals surface area contributed by atoms with Gasteiger partial charge in [0.05, 0.1) is 0 Å². The number of likely N-dealkylation sites (N-methyl/N-ethyl adjacent to an activating group) is 1. The van der Waals surface area contributed by atoms with Gasteiger partial charge in [-0.1, -0.05) is 45.5 Å². The van der Waals surface area contributed by atoms with Crippen LogP contribution in [0.1, 0.15) is 5.01 Å². The van der Waals surface area contributed by atoms with Gasteiger partial charge in [0, 0.05) is 23.0 Å². The lowest BCUT2D eigenvalue weighted by atomic mass is 10.2. The summed E-state index contributed by atoms with van der Waals surface area (Å²) in [6.07, 6.45) is 0.929. The van der Waals surface area contributed by atoms with Crippen LogP contribution < -0.4 is 5.32 Å². The molecule has 0 aliphatic heterocycles. The van der Waals surface area contributed by atoms with Crippen molar-refractivity contribution in [1.82, 2.24) is 15.5 Å². The Morgan fingerprint density at radius 2 is 2.12 bits per heavy atom. The zero-order valence-electron chi connectivity index (χ0n) is 8.90. The molecule has 2 aromatic rings. The molecule has 0 radical (unpaired) electrons. The lowest BCUT2D eigenvalue weighted by Crippen LogP contribution is -2.09. The second-order valence-electron chi connectivity index (χ2n) is 3.33. The Morgan fingerprint density at radius 1 is 1.31 bits per heavy atom. The van der Waals surface area contributed by atoms with E-state index in [1.807, 2.05) is 31.3 Å². The first kappa shape index (κ1) is 11.7. The first-order valence-corrected chi connectivity index (χ1v) is 6.64. The monoisotopic (exact) mass is 297 g/mol. The Morgan fingerprint density at radius 3 is 2.88 bits per heavy atom. The van der Waals surface area contributed by atoms with Crippen molar-refractivity contribution in [2.45, 2.75) is 6.42 Å². The third-order valence-electron chi connectivity index (χ3n) is 2.16. The third-order valence-corrected chi connectivity index (χ3v) is 3.87. The highest BCUT2D eigenvalue weighted by molar-refractivity contribution is 9.10. The highest BCUT2D eigenvalue weighted by Gasteiger charge is 2.08. The summed E-state index contributed by atoms with van der Waals surface area (Å²) in [4.78, 5) is 0. The molecule has 3 nitrogen and oxygen atoms in total. The van der Waals surface area contributed by atoms with Gasteiger partial charge < -0.3 is 5.32 Å². The average molecular weight is 298 g/mol. The predicted molar refractivity (Wildman–Crippen MR) is 70.7 cm³/mol. The van der Waals surface area contributed by atoms with E-state index in [1.165, 1.54) is 0 Å². The Bertz CT molecular complexity index is 470. The van der Waals surface area contributed by atoms with Crippen LogP contribution in [0.2, 0.25) is 0 Å². The second kappa shape index (κ2) is 5.52. The number of halogens is 1. The van der Waals surface area contributed by atoms with Crippen molar-refractivity contribution in [2.75, 3.05) is 13.6 Å². The van der Waals surface area contributed by atoms with E-state index in [0.717, 1.165) is 33.0 Å². The summed E-state index contributed by atoms with van der Waals surface area (Å²) < 4.78 is 1.06. The zero-order chi connectivity index (χ0) is 11.4. The maximum Gasteiger partial charge on any atom is 0.148 e. The Balaban J connectivity index is 2.22. The van der Waals surface area contributed by atoms with Crippen LogP contribution in [0.5, 0.6) is 0 Å². The first-order valence-electron chi connectivity index (χ1n) is 5.03. The SMILES string of the molecule is CNCCc1nnc(-c2ccccc2Br)s1. The average Bonchev–Trinajstić information content (AvgIpc) is 2.75. The van der Waals surface area contributed by atoms with E-state index in [4.69, 9.17) is 0 Å². The van der Waals surface area contributed by atoms with Crippen LogP contribution in [0, 0.1) is 0 Å². The molecule has 1 heterocycles. The number of aromatic nitrogens is 2. The van der Waals surface area contributed by atoms with Crippen molar-refractivity contribution >= 4 is 27.3 Å². The maximum absolute atomic E-state index is 4.21. The minimum atomic E-state index is 0.929. The van der Waals surface area contributed by atoms with Crippen molar-refractivity contribution in [1.29, 1.82) is 0 Å². The molecule has 16 heavy (non-hydrogen) atoms. The summed E-state index contributed by atoms with van der Waals surface area (Å²) in [5.74, 6) is 0. The van der Waals surface area contributed by atoms with Crippen LogP contribution >= 0.6 is 27.3 Å². The van der Waals surface area contributed by atoms with Crippen molar-refractivity contribution in [3.05, 3.63) is 33.7 Å². The molecule has 0 amide bonds. The predicted octanol–water partition coefficient (Wildman–Crippen LogP) is 2.73. The topological polar surface area (TPSA) is 37.8 Å². The van der Waals surface area contributed by atoms with E-state index in [-0.39, 0.29) is 0 Å². The maximum atomic E-state index is 4.21. The van der Waals surface area contributed by atoms with Gasteiger partial charge in [-0.3, -0.25) is 0 Å². The molecule has 0 bridgehead atoms. The molecule has 0 saturated carbocycles. The van der Waals surface area contributed by atoms with E-state index in [9.17, 15) is 0 Å². The van der Waals surface area contributed by atoms with Crippen LogP contribution in [0.4, 0.5) is 0 Å². The van der Waals surface area contributed by atoms with Gasteiger partial charge in [0.1, 0.15) is 10.0 Å². The molecule has 5 heteroatoms. The van der Waals surface area contributed by atoms with Gasteiger partial charge in [0.15, 0.2) is 0 Å². The van der Waals surface area contributed by atoms with Crippen LogP contribution in [-0.4, -0.2) is 23.8 Å². The molecule has 1 aromatic heterocycles. The molecule has 0 unspecified atom stereocenters. The summed E-state index contributed by atoms with van der Waals surface area (Å²) in [6.45, 7) is 0.935.